The summed E-state index contributed by atoms with van der Waals surface area (Å²) in [6.45, 7) is 0. The molecule has 0 aliphatic rings. The van der Waals surface area contributed by atoms with Crippen LogP contribution in [-0.4, -0.2) is 10.9 Å². The molecule has 3 N–H and O–H groups in total. The topological polar surface area (TPSA) is 63.3 Å². The fourth-order valence-corrected chi connectivity index (χ4v) is 2.32. The van der Waals surface area contributed by atoms with E-state index in [4.69, 9.17) is 5.73 Å². The lowest BCUT2D eigenvalue weighted by Gasteiger charge is -2.08. The molecule has 20 heavy (non-hydrogen) atoms. The Bertz CT molecular complexity index is 809. The molecule has 0 aromatic heterocycles. The normalized spacial score (nSPS) is 10.6. The zero-order valence-electron chi connectivity index (χ0n) is 10.7. The number of ketones is 1. The first kappa shape index (κ1) is 12.2. The molecule has 3 aromatic carbocycles. The van der Waals surface area contributed by atoms with Gasteiger partial charge >= 0.3 is 0 Å². The number of phenolic OH excluding ortho intramolecular Hbond substituents is 1. The zero-order chi connectivity index (χ0) is 14.1. The molecule has 0 saturated carbocycles. The Kier molecular flexibility index (Phi) is 2.88. The minimum atomic E-state index is -0.103. The van der Waals surface area contributed by atoms with Gasteiger partial charge in [-0.15, -0.1) is 0 Å². The Balaban J connectivity index is 2.20. The highest BCUT2D eigenvalue weighted by atomic mass is 16.3. The van der Waals surface area contributed by atoms with Gasteiger partial charge in [0.25, 0.3) is 0 Å². The molecule has 0 heterocycles. The predicted molar refractivity (Wildman–Crippen MR) is 79.9 cm³/mol. The second-order valence-corrected chi connectivity index (χ2v) is 4.63. The molecule has 98 valence electrons. The fourth-order valence-electron chi connectivity index (χ4n) is 2.32. The van der Waals surface area contributed by atoms with E-state index in [1.807, 2.05) is 18.2 Å². The van der Waals surface area contributed by atoms with Crippen molar-refractivity contribution >= 4 is 22.2 Å². The van der Waals surface area contributed by atoms with Crippen LogP contribution in [0.4, 0.5) is 5.69 Å². The van der Waals surface area contributed by atoms with Crippen LogP contribution >= 0.6 is 0 Å². The highest BCUT2D eigenvalue weighted by Gasteiger charge is 2.14. The molecule has 0 amide bonds. The van der Waals surface area contributed by atoms with E-state index in [-0.39, 0.29) is 11.5 Å². The van der Waals surface area contributed by atoms with Gasteiger partial charge in [-0.2, -0.15) is 0 Å². The van der Waals surface area contributed by atoms with Crippen molar-refractivity contribution < 1.29 is 9.90 Å². The van der Waals surface area contributed by atoms with E-state index in [1.165, 1.54) is 0 Å². The fraction of sp³-hybridized carbons (Fsp3) is 0. The Morgan fingerprint density at radius 1 is 0.900 bits per heavy atom. The largest absolute Gasteiger partial charge is 0.507 e. The minimum Gasteiger partial charge on any atom is -0.507 e. The van der Waals surface area contributed by atoms with Crippen LogP contribution in [0, 0.1) is 0 Å². The molecule has 0 aliphatic heterocycles. The lowest BCUT2D eigenvalue weighted by molar-refractivity contribution is 0.104. The van der Waals surface area contributed by atoms with Gasteiger partial charge in [0.2, 0.25) is 0 Å². The molecule has 0 radical (unpaired) electrons. The number of carbonyl (C=O) groups is 1. The molecule has 0 fully saturated rings. The summed E-state index contributed by atoms with van der Waals surface area (Å²) >= 11 is 0. The molecule has 0 aliphatic carbocycles. The highest BCUT2D eigenvalue weighted by molar-refractivity contribution is 6.17. The minimum absolute atomic E-state index is 0.103. The Morgan fingerprint density at radius 2 is 1.65 bits per heavy atom. The number of anilines is 1. The van der Waals surface area contributed by atoms with Crippen molar-refractivity contribution in [2.45, 2.75) is 0 Å². The first-order valence-corrected chi connectivity index (χ1v) is 6.28. The van der Waals surface area contributed by atoms with Gasteiger partial charge in [0.05, 0.1) is 0 Å². The highest BCUT2D eigenvalue weighted by Crippen LogP contribution is 2.29. The molecular formula is C17H13NO2. The van der Waals surface area contributed by atoms with Crippen LogP contribution in [0.15, 0.2) is 60.7 Å². The van der Waals surface area contributed by atoms with Crippen LogP contribution in [0.5, 0.6) is 5.75 Å². The molecule has 0 atom stereocenters. The summed E-state index contributed by atoms with van der Waals surface area (Å²) in [5.74, 6) is 0.0678. The van der Waals surface area contributed by atoms with Crippen LogP contribution in [-0.2, 0) is 0 Å². The SMILES string of the molecule is Nc1cccc(C(=O)c2ccc(O)c3ccccc23)c1. The third-order valence-corrected chi connectivity index (χ3v) is 3.29. The van der Waals surface area contributed by atoms with Gasteiger partial charge in [0.15, 0.2) is 5.78 Å². The number of aromatic hydroxyl groups is 1. The Morgan fingerprint density at radius 3 is 2.40 bits per heavy atom. The lowest BCUT2D eigenvalue weighted by Crippen LogP contribution is -2.03. The number of hydrogen-bond donors (Lipinski definition) is 2. The maximum absolute atomic E-state index is 12.6. The van der Waals surface area contributed by atoms with E-state index in [2.05, 4.69) is 0 Å². The Hall–Kier alpha value is -2.81. The van der Waals surface area contributed by atoms with Crippen LogP contribution < -0.4 is 5.73 Å². The van der Waals surface area contributed by atoms with Crippen molar-refractivity contribution in [1.29, 1.82) is 0 Å². The molecule has 3 heteroatoms. The van der Waals surface area contributed by atoms with Crippen LogP contribution in [0.1, 0.15) is 15.9 Å². The molecular weight excluding hydrogens is 250 g/mol. The van der Waals surface area contributed by atoms with E-state index in [0.29, 0.717) is 22.2 Å². The van der Waals surface area contributed by atoms with Crippen molar-refractivity contribution in [3.8, 4) is 5.75 Å². The first-order valence-electron chi connectivity index (χ1n) is 6.28. The third kappa shape index (κ3) is 1.99. The summed E-state index contributed by atoms with van der Waals surface area (Å²) in [5.41, 5.74) is 7.38. The van der Waals surface area contributed by atoms with Crippen LogP contribution in [0.25, 0.3) is 10.8 Å². The number of nitrogen functional groups attached to an aromatic ring is 1. The monoisotopic (exact) mass is 263 g/mol. The van der Waals surface area contributed by atoms with Gasteiger partial charge < -0.3 is 10.8 Å². The van der Waals surface area contributed by atoms with Crippen molar-refractivity contribution in [2.24, 2.45) is 0 Å². The second kappa shape index (κ2) is 4.70. The number of rotatable bonds is 2. The molecule has 0 saturated heterocycles. The summed E-state index contributed by atoms with van der Waals surface area (Å²) < 4.78 is 0. The van der Waals surface area contributed by atoms with Crippen molar-refractivity contribution in [1.82, 2.24) is 0 Å². The van der Waals surface area contributed by atoms with Gasteiger partial charge in [-0.25, -0.2) is 0 Å². The smallest absolute Gasteiger partial charge is 0.193 e. The van der Waals surface area contributed by atoms with E-state index in [9.17, 15) is 9.90 Å². The van der Waals surface area contributed by atoms with Crippen LogP contribution in [0.2, 0.25) is 0 Å². The van der Waals surface area contributed by atoms with Crippen molar-refractivity contribution in [3.63, 3.8) is 0 Å². The second-order valence-electron chi connectivity index (χ2n) is 4.63. The van der Waals surface area contributed by atoms with Gasteiger partial charge in [-0.3, -0.25) is 4.79 Å². The number of fused-ring (bicyclic) bond motifs is 1. The summed E-state index contributed by atoms with van der Waals surface area (Å²) in [4.78, 5) is 12.6. The maximum atomic E-state index is 12.6. The lowest BCUT2D eigenvalue weighted by atomic mass is 9.96. The van der Waals surface area contributed by atoms with E-state index in [1.54, 1.807) is 42.5 Å². The number of hydrogen-bond acceptors (Lipinski definition) is 3. The molecule has 0 unspecified atom stereocenters. The Labute approximate surface area is 116 Å². The zero-order valence-corrected chi connectivity index (χ0v) is 10.7. The quantitative estimate of drug-likeness (QED) is 0.550. The van der Waals surface area contributed by atoms with Crippen molar-refractivity contribution in [3.05, 3.63) is 71.8 Å². The van der Waals surface area contributed by atoms with E-state index in [0.717, 1.165) is 5.39 Å². The molecule has 0 bridgehead atoms. The average Bonchev–Trinajstić information content (AvgIpc) is 2.47. The van der Waals surface area contributed by atoms with E-state index >= 15 is 0 Å². The van der Waals surface area contributed by atoms with Crippen molar-refractivity contribution in [2.75, 3.05) is 5.73 Å². The first-order chi connectivity index (χ1) is 9.66. The summed E-state index contributed by atoms with van der Waals surface area (Å²) in [6, 6.07) is 17.4. The van der Waals surface area contributed by atoms with Gasteiger partial charge in [0.1, 0.15) is 5.75 Å². The number of nitrogens with two attached hydrogens (primary N) is 1. The summed E-state index contributed by atoms with van der Waals surface area (Å²) in [6.07, 6.45) is 0. The summed E-state index contributed by atoms with van der Waals surface area (Å²) in [7, 11) is 0. The molecule has 3 nitrogen and oxygen atoms in total. The molecule has 3 aromatic rings. The molecule has 0 spiro atoms. The molecule has 3 rings (SSSR count). The van der Waals surface area contributed by atoms with Gasteiger partial charge in [-0.1, -0.05) is 36.4 Å². The standard InChI is InChI=1S/C17H13NO2/c18-12-5-3-4-11(10-12)17(20)15-8-9-16(19)14-7-2-1-6-13(14)15/h1-10,19H,18H2. The van der Waals surface area contributed by atoms with Crippen LogP contribution in [0.3, 0.4) is 0 Å². The average molecular weight is 263 g/mol. The van der Waals surface area contributed by atoms with Gasteiger partial charge in [-0.05, 0) is 29.7 Å². The van der Waals surface area contributed by atoms with E-state index < -0.39 is 0 Å². The number of phenols is 1. The maximum Gasteiger partial charge on any atom is 0.193 e. The number of carbonyl (C=O) groups excluding carboxylic acids is 1. The summed E-state index contributed by atoms with van der Waals surface area (Å²) in [5, 5.41) is 11.3. The van der Waals surface area contributed by atoms with Gasteiger partial charge in [0, 0.05) is 22.2 Å². The predicted octanol–water partition coefficient (Wildman–Crippen LogP) is 3.36. The third-order valence-electron chi connectivity index (χ3n) is 3.29. The number of benzene rings is 3.